The Balaban J connectivity index is 3.48. The highest BCUT2D eigenvalue weighted by Gasteiger charge is 2.16. The summed E-state index contributed by atoms with van der Waals surface area (Å²) in [5, 5.41) is 9.61. The molecule has 0 aliphatic carbocycles. The van der Waals surface area contributed by atoms with Crippen LogP contribution in [0.15, 0.2) is 60.8 Å². The zero-order chi connectivity index (χ0) is 42.1. The van der Waals surface area contributed by atoms with Crippen molar-refractivity contribution < 1.29 is 24.2 Å². The second-order valence-corrected chi connectivity index (χ2v) is 16.5. The van der Waals surface area contributed by atoms with Crippen molar-refractivity contribution in [2.24, 2.45) is 0 Å². The summed E-state index contributed by atoms with van der Waals surface area (Å²) in [5.41, 5.74) is 0. The lowest BCUT2D eigenvalue weighted by atomic mass is 10.0. The third kappa shape index (κ3) is 46.3. The van der Waals surface area contributed by atoms with E-state index in [-0.39, 0.29) is 25.2 Å². The molecule has 0 fully saturated rings. The largest absolute Gasteiger partial charge is 0.462 e. The average molecular weight is 811 g/mol. The fraction of sp³-hybridized carbons (Fsp3) is 0.774. The summed E-state index contributed by atoms with van der Waals surface area (Å²) in [6.45, 7) is 4.03. The van der Waals surface area contributed by atoms with E-state index in [0.29, 0.717) is 12.8 Å². The lowest BCUT2D eigenvalue weighted by molar-refractivity contribution is -0.161. The van der Waals surface area contributed by atoms with E-state index in [1.54, 1.807) is 0 Å². The third-order valence-corrected chi connectivity index (χ3v) is 10.8. The van der Waals surface area contributed by atoms with Crippen LogP contribution >= 0.6 is 0 Å². The minimum Gasteiger partial charge on any atom is -0.462 e. The first-order valence-corrected chi connectivity index (χ1v) is 24.8. The van der Waals surface area contributed by atoms with Gasteiger partial charge in [-0.05, 0) is 77.0 Å². The van der Waals surface area contributed by atoms with Crippen LogP contribution in [0.1, 0.15) is 245 Å². The molecule has 0 aromatic heterocycles. The first-order valence-electron chi connectivity index (χ1n) is 24.8. The number of hydrogen-bond acceptors (Lipinski definition) is 5. The quantitative estimate of drug-likeness (QED) is 0.0377. The molecule has 1 N–H and O–H groups in total. The summed E-state index contributed by atoms with van der Waals surface area (Å²) in [7, 11) is 0. The van der Waals surface area contributed by atoms with Crippen LogP contribution in [0.4, 0.5) is 0 Å². The molecule has 0 rings (SSSR count). The van der Waals surface area contributed by atoms with E-state index in [4.69, 9.17) is 9.47 Å². The summed E-state index contributed by atoms with van der Waals surface area (Å²) in [6.07, 6.45) is 64.6. The van der Waals surface area contributed by atoms with Gasteiger partial charge in [0.05, 0.1) is 6.61 Å². The zero-order valence-electron chi connectivity index (χ0n) is 38.3. The summed E-state index contributed by atoms with van der Waals surface area (Å²) >= 11 is 0. The lowest BCUT2D eigenvalue weighted by Crippen LogP contribution is -2.28. The van der Waals surface area contributed by atoms with E-state index >= 15 is 0 Å². The number of carbonyl (C=O) groups excluding carboxylic acids is 2. The number of esters is 2. The van der Waals surface area contributed by atoms with Gasteiger partial charge in [0.1, 0.15) is 6.61 Å². The van der Waals surface area contributed by atoms with Crippen LogP contribution in [0, 0.1) is 0 Å². The van der Waals surface area contributed by atoms with Crippen LogP contribution in [-0.2, 0) is 19.1 Å². The van der Waals surface area contributed by atoms with Gasteiger partial charge in [0.15, 0.2) is 6.10 Å². The van der Waals surface area contributed by atoms with Gasteiger partial charge in [-0.1, -0.05) is 216 Å². The van der Waals surface area contributed by atoms with E-state index < -0.39 is 6.10 Å². The molecule has 0 radical (unpaired) electrons. The van der Waals surface area contributed by atoms with Gasteiger partial charge in [0, 0.05) is 12.8 Å². The minimum atomic E-state index is -0.775. The Morgan fingerprint density at radius 2 is 0.741 bits per heavy atom. The molecule has 0 aliphatic rings. The van der Waals surface area contributed by atoms with Gasteiger partial charge in [-0.2, -0.15) is 0 Å². The molecule has 336 valence electrons. The van der Waals surface area contributed by atoms with Crippen LogP contribution in [0.3, 0.4) is 0 Å². The molecule has 0 aliphatic heterocycles. The van der Waals surface area contributed by atoms with Gasteiger partial charge in [-0.25, -0.2) is 0 Å². The highest BCUT2D eigenvalue weighted by molar-refractivity contribution is 5.70. The number of aliphatic hydroxyl groups is 1. The lowest BCUT2D eigenvalue weighted by Gasteiger charge is -2.15. The van der Waals surface area contributed by atoms with Crippen molar-refractivity contribution in [3.8, 4) is 0 Å². The van der Waals surface area contributed by atoms with Gasteiger partial charge in [0.2, 0.25) is 0 Å². The van der Waals surface area contributed by atoms with E-state index in [2.05, 4.69) is 74.6 Å². The van der Waals surface area contributed by atoms with Crippen molar-refractivity contribution in [3.05, 3.63) is 60.8 Å². The number of aliphatic hydroxyl groups excluding tert-OH is 1. The Morgan fingerprint density at radius 1 is 0.414 bits per heavy atom. The average Bonchev–Trinajstić information content (AvgIpc) is 3.23. The first kappa shape index (κ1) is 55.6. The zero-order valence-corrected chi connectivity index (χ0v) is 38.3. The highest BCUT2D eigenvalue weighted by Crippen LogP contribution is 2.15. The second kappa shape index (κ2) is 49.0. The molecule has 5 nitrogen and oxygen atoms in total. The number of allylic oxidation sites excluding steroid dienone is 10. The smallest absolute Gasteiger partial charge is 0.306 e. The number of ether oxygens (including phenoxy) is 2. The molecular weight excluding hydrogens is 717 g/mol. The Labute approximate surface area is 360 Å². The van der Waals surface area contributed by atoms with Crippen molar-refractivity contribution in [1.29, 1.82) is 0 Å². The standard InChI is InChI=1S/C53H94O5/c1-3-5-7-9-11-13-15-17-19-20-21-22-23-24-25-26-27-28-29-30-31-32-34-36-38-40-42-44-46-48-53(56)58-51(49-54)50-57-52(55)47-45-43-41-39-37-35-33-18-16-14-12-10-8-6-4-2/h5,7,11,13,17-19,21-22,33,51,54H,3-4,6,8-10,12,14-16,20,23-32,34-50H2,1-2H3/b7-5-,13-11-,19-17-,22-21-,33-18-. The maximum atomic E-state index is 12.3. The predicted molar refractivity (Wildman–Crippen MR) is 251 cm³/mol. The molecular formula is C53H94O5. The molecule has 58 heavy (non-hydrogen) atoms. The molecule has 0 spiro atoms. The Kier molecular flexibility index (Phi) is 46.9. The molecule has 0 heterocycles. The van der Waals surface area contributed by atoms with Gasteiger partial charge < -0.3 is 14.6 Å². The van der Waals surface area contributed by atoms with Crippen LogP contribution in [0.2, 0.25) is 0 Å². The molecule has 1 unspecified atom stereocenters. The van der Waals surface area contributed by atoms with Crippen molar-refractivity contribution in [2.45, 2.75) is 251 Å². The van der Waals surface area contributed by atoms with Crippen molar-refractivity contribution >= 4 is 11.9 Å². The maximum Gasteiger partial charge on any atom is 0.306 e. The molecule has 0 saturated heterocycles. The molecule has 1 atom stereocenters. The summed E-state index contributed by atoms with van der Waals surface area (Å²) in [4.78, 5) is 24.4. The number of hydrogen-bond donors (Lipinski definition) is 1. The number of unbranched alkanes of at least 4 members (excludes halogenated alkanes) is 27. The van der Waals surface area contributed by atoms with Crippen LogP contribution in [0.5, 0.6) is 0 Å². The summed E-state index contributed by atoms with van der Waals surface area (Å²) < 4.78 is 10.7. The third-order valence-electron chi connectivity index (χ3n) is 10.8. The van der Waals surface area contributed by atoms with Gasteiger partial charge in [-0.15, -0.1) is 0 Å². The Morgan fingerprint density at radius 3 is 1.14 bits per heavy atom. The minimum absolute atomic E-state index is 0.0691. The molecule has 0 amide bonds. The van der Waals surface area contributed by atoms with E-state index in [1.165, 1.54) is 148 Å². The van der Waals surface area contributed by atoms with Crippen molar-refractivity contribution in [3.63, 3.8) is 0 Å². The monoisotopic (exact) mass is 811 g/mol. The summed E-state index contributed by atoms with van der Waals surface area (Å²) in [6, 6.07) is 0. The fourth-order valence-corrected chi connectivity index (χ4v) is 7.07. The molecule has 0 aromatic rings. The van der Waals surface area contributed by atoms with E-state index in [0.717, 1.165) is 70.6 Å². The number of carbonyl (C=O) groups is 2. The molecule has 0 bridgehead atoms. The van der Waals surface area contributed by atoms with Crippen molar-refractivity contribution in [2.75, 3.05) is 13.2 Å². The maximum absolute atomic E-state index is 12.3. The topological polar surface area (TPSA) is 72.8 Å². The fourth-order valence-electron chi connectivity index (χ4n) is 7.07. The molecule has 0 saturated carbocycles. The van der Waals surface area contributed by atoms with Gasteiger partial charge >= 0.3 is 11.9 Å². The molecule has 5 heteroatoms. The Bertz CT molecular complexity index is 1010. The predicted octanol–water partition coefficient (Wildman–Crippen LogP) is 16.3. The van der Waals surface area contributed by atoms with Crippen LogP contribution in [0.25, 0.3) is 0 Å². The SMILES string of the molecule is CC/C=C\C/C=C\C/C=C\C/C=C\CCCCCCCCCCCCCCCCCCC(=O)OC(CO)COC(=O)CCCCCCC/C=C\CCCCCCCC. The second-order valence-electron chi connectivity index (χ2n) is 16.5. The van der Waals surface area contributed by atoms with Crippen LogP contribution in [-0.4, -0.2) is 36.4 Å². The number of rotatable bonds is 45. The molecule has 0 aromatic carbocycles. The first-order chi connectivity index (χ1) is 28.6. The van der Waals surface area contributed by atoms with Gasteiger partial charge in [-0.3, -0.25) is 9.59 Å². The Hall–Kier alpha value is -2.40. The normalized spacial score (nSPS) is 12.7. The van der Waals surface area contributed by atoms with Gasteiger partial charge in [0.25, 0.3) is 0 Å². The van der Waals surface area contributed by atoms with E-state index in [1.807, 2.05) is 0 Å². The highest BCUT2D eigenvalue weighted by atomic mass is 16.6. The van der Waals surface area contributed by atoms with Crippen molar-refractivity contribution in [1.82, 2.24) is 0 Å². The van der Waals surface area contributed by atoms with E-state index in [9.17, 15) is 14.7 Å². The van der Waals surface area contributed by atoms with Crippen LogP contribution < -0.4 is 0 Å². The summed E-state index contributed by atoms with van der Waals surface area (Å²) in [5.74, 6) is -0.594.